The Balaban J connectivity index is 1.65. The second kappa shape index (κ2) is 10.3. The van der Waals surface area contributed by atoms with Gasteiger partial charge in [0.15, 0.2) is 0 Å². The zero-order valence-corrected chi connectivity index (χ0v) is 19.2. The van der Waals surface area contributed by atoms with Gasteiger partial charge in [-0.2, -0.15) is 0 Å². The Bertz CT molecular complexity index is 995. The summed E-state index contributed by atoms with van der Waals surface area (Å²) >= 11 is 0. The molecular formula is C26H33N5O2. The first-order valence-electron chi connectivity index (χ1n) is 11.7. The Kier molecular flexibility index (Phi) is 7.20. The zero-order chi connectivity index (χ0) is 23.3. The lowest BCUT2D eigenvalue weighted by Gasteiger charge is -2.43. The fourth-order valence-electron chi connectivity index (χ4n) is 5.07. The van der Waals surface area contributed by atoms with Crippen LogP contribution in [0.4, 0.5) is 0 Å². The highest BCUT2D eigenvalue weighted by atomic mass is 16.2. The van der Waals surface area contributed by atoms with Gasteiger partial charge in [-0.1, -0.05) is 36.4 Å². The highest BCUT2D eigenvalue weighted by Crippen LogP contribution is 2.37. The van der Waals surface area contributed by atoms with Crippen molar-refractivity contribution in [2.75, 3.05) is 26.2 Å². The van der Waals surface area contributed by atoms with Gasteiger partial charge in [-0.3, -0.25) is 25.4 Å². The molecule has 3 atom stereocenters. The number of amides is 2. The van der Waals surface area contributed by atoms with Crippen LogP contribution in [0.2, 0.25) is 0 Å². The van der Waals surface area contributed by atoms with Crippen LogP contribution in [0.25, 0.3) is 11.1 Å². The lowest BCUT2D eigenvalue weighted by molar-refractivity contribution is -0.144. The van der Waals surface area contributed by atoms with E-state index in [0.29, 0.717) is 32.6 Å². The molecule has 2 aliphatic rings. The van der Waals surface area contributed by atoms with Crippen molar-refractivity contribution in [3.05, 3.63) is 67.0 Å². The van der Waals surface area contributed by atoms with Gasteiger partial charge in [-0.15, -0.1) is 6.58 Å². The van der Waals surface area contributed by atoms with Crippen molar-refractivity contribution in [2.24, 2.45) is 11.3 Å². The summed E-state index contributed by atoms with van der Waals surface area (Å²) in [6.45, 7) is 7.87. The summed E-state index contributed by atoms with van der Waals surface area (Å²) in [6.07, 6.45) is 7.39. The molecule has 0 saturated carbocycles. The number of benzene rings is 1. The van der Waals surface area contributed by atoms with E-state index in [1.54, 1.807) is 12.3 Å². The van der Waals surface area contributed by atoms with E-state index in [2.05, 4.69) is 39.9 Å². The van der Waals surface area contributed by atoms with E-state index in [4.69, 9.17) is 0 Å². The second-order valence-corrected chi connectivity index (χ2v) is 9.14. The number of nitrogens with one attached hydrogen (secondary N) is 3. The molecular weight excluding hydrogens is 414 g/mol. The molecule has 0 radical (unpaired) electrons. The molecule has 3 N–H and O–H groups in total. The van der Waals surface area contributed by atoms with E-state index in [-0.39, 0.29) is 23.8 Å². The molecule has 2 aromatic rings. The van der Waals surface area contributed by atoms with Crippen molar-refractivity contribution < 1.29 is 9.59 Å². The number of pyridine rings is 1. The molecule has 0 spiro atoms. The van der Waals surface area contributed by atoms with Gasteiger partial charge in [0.1, 0.15) is 0 Å². The van der Waals surface area contributed by atoms with Crippen LogP contribution in [-0.4, -0.2) is 53.9 Å². The SMILES string of the molecule is C=CCNC(=O)C1(Cc2ccccc2-c2cccnc2)CCCN(C(=O)C2CNNC2C)C1. The van der Waals surface area contributed by atoms with E-state index in [1.165, 1.54) is 0 Å². The predicted octanol–water partition coefficient (Wildman–Crippen LogP) is 2.31. The number of nitrogens with zero attached hydrogens (tertiary/aromatic N) is 2. The summed E-state index contributed by atoms with van der Waals surface area (Å²) in [4.78, 5) is 33.1. The van der Waals surface area contributed by atoms with Crippen LogP contribution in [0.15, 0.2) is 61.4 Å². The molecule has 3 heterocycles. The number of carbonyl (C=O) groups is 2. The average molecular weight is 448 g/mol. The van der Waals surface area contributed by atoms with Crippen LogP contribution in [-0.2, 0) is 16.0 Å². The number of carbonyl (C=O) groups excluding carboxylic acids is 2. The highest BCUT2D eigenvalue weighted by Gasteiger charge is 2.45. The number of piperidine rings is 1. The van der Waals surface area contributed by atoms with E-state index in [9.17, 15) is 9.59 Å². The molecule has 1 aromatic carbocycles. The Morgan fingerprint density at radius 1 is 1.30 bits per heavy atom. The van der Waals surface area contributed by atoms with Crippen molar-refractivity contribution in [2.45, 2.75) is 32.2 Å². The van der Waals surface area contributed by atoms with Crippen LogP contribution in [0.3, 0.4) is 0 Å². The first-order chi connectivity index (χ1) is 16.0. The molecule has 2 fully saturated rings. The largest absolute Gasteiger partial charge is 0.352 e. The molecule has 174 valence electrons. The first-order valence-corrected chi connectivity index (χ1v) is 11.7. The number of hydrogen-bond donors (Lipinski definition) is 3. The Morgan fingerprint density at radius 2 is 2.15 bits per heavy atom. The number of likely N-dealkylation sites (tertiary alicyclic amines) is 1. The molecule has 2 amide bonds. The molecule has 7 heteroatoms. The van der Waals surface area contributed by atoms with E-state index in [1.807, 2.05) is 42.3 Å². The summed E-state index contributed by atoms with van der Waals surface area (Å²) < 4.78 is 0. The summed E-state index contributed by atoms with van der Waals surface area (Å²) in [7, 11) is 0. The topological polar surface area (TPSA) is 86.4 Å². The van der Waals surface area contributed by atoms with Gasteiger partial charge in [0.05, 0.1) is 11.3 Å². The smallest absolute Gasteiger partial charge is 0.228 e. The lowest BCUT2D eigenvalue weighted by atomic mass is 9.73. The highest BCUT2D eigenvalue weighted by molar-refractivity contribution is 5.86. The van der Waals surface area contributed by atoms with Crippen molar-refractivity contribution in [1.29, 1.82) is 0 Å². The number of hydrogen-bond acceptors (Lipinski definition) is 5. The fourth-order valence-corrected chi connectivity index (χ4v) is 5.07. The van der Waals surface area contributed by atoms with Gasteiger partial charge in [0.2, 0.25) is 11.8 Å². The fraction of sp³-hybridized carbons (Fsp3) is 0.423. The summed E-state index contributed by atoms with van der Waals surface area (Å²) in [5.41, 5.74) is 8.71. The van der Waals surface area contributed by atoms with Gasteiger partial charge >= 0.3 is 0 Å². The predicted molar refractivity (Wildman–Crippen MR) is 129 cm³/mol. The van der Waals surface area contributed by atoms with Crippen molar-refractivity contribution in [3.63, 3.8) is 0 Å². The maximum Gasteiger partial charge on any atom is 0.228 e. The maximum atomic E-state index is 13.6. The minimum absolute atomic E-state index is 0.0170. The second-order valence-electron chi connectivity index (χ2n) is 9.14. The standard InChI is InChI=1S/C26H33N5O2/c1-3-12-28-25(33)26(11-7-14-31(18-26)24(32)23-17-29-30-19(23)2)15-20-8-4-5-10-22(20)21-9-6-13-27-16-21/h3-6,8-10,13,16,19,23,29-30H,1,7,11-12,14-15,17-18H2,2H3,(H,28,33). The number of hydrazine groups is 1. The van der Waals surface area contributed by atoms with Gasteiger partial charge < -0.3 is 10.2 Å². The Hall–Kier alpha value is -3.03. The molecule has 0 aliphatic carbocycles. The molecule has 2 saturated heterocycles. The minimum Gasteiger partial charge on any atom is -0.352 e. The monoisotopic (exact) mass is 447 g/mol. The van der Waals surface area contributed by atoms with E-state index < -0.39 is 5.41 Å². The summed E-state index contributed by atoms with van der Waals surface area (Å²) in [5, 5.41) is 3.03. The number of aromatic nitrogens is 1. The normalized spacial score (nSPS) is 24.9. The first kappa shape index (κ1) is 23.1. The molecule has 3 unspecified atom stereocenters. The summed E-state index contributed by atoms with van der Waals surface area (Å²) in [5.74, 6) is -0.0301. The third-order valence-corrected chi connectivity index (χ3v) is 6.87. The van der Waals surface area contributed by atoms with E-state index in [0.717, 1.165) is 29.5 Å². The Morgan fingerprint density at radius 3 is 2.88 bits per heavy atom. The third-order valence-electron chi connectivity index (χ3n) is 6.87. The molecule has 7 nitrogen and oxygen atoms in total. The van der Waals surface area contributed by atoms with Crippen LogP contribution in [0.5, 0.6) is 0 Å². The van der Waals surface area contributed by atoms with Crippen molar-refractivity contribution in [1.82, 2.24) is 26.1 Å². The van der Waals surface area contributed by atoms with Gasteiger partial charge in [0, 0.05) is 50.2 Å². The van der Waals surface area contributed by atoms with Crippen molar-refractivity contribution in [3.8, 4) is 11.1 Å². The van der Waals surface area contributed by atoms with Crippen LogP contribution < -0.4 is 16.2 Å². The van der Waals surface area contributed by atoms with Crippen LogP contribution >= 0.6 is 0 Å². The average Bonchev–Trinajstić information content (AvgIpc) is 3.28. The van der Waals surface area contributed by atoms with E-state index >= 15 is 0 Å². The maximum absolute atomic E-state index is 13.6. The van der Waals surface area contributed by atoms with Crippen LogP contribution in [0.1, 0.15) is 25.3 Å². The molecule has 4 rings (SSSR count). The summed E-state index contributed by atoms with van der Waals surface area (Å²) in [6, 6.07) is 12.2. The minimum atomic E-state index is -0.696. The Labute approximate surface area is 195 Å². The van der Waals surface area contributed by atoms with Gasteiger partial charge in [0.25, 0.3) is 0 Å². The quantitative estimate of drug-likeness (QED) is 0.567. The van der Waals surface area contributed by atoms with Crippen molar-refractivity contribution >= 4 is 11.8 Å². The third kappa shape index (κ3) is 4.99. The van der Waals surface area contributed by atoms with Gasteiger partial charge in [-0.25, -0.2) is 0 Å². The number of rotatable bonds is 7. The zero-order valence-electron chi connectivity index (χ0n) is 19.2. The molecule has 0 bridgehead atoms. The molecule has 1 aromatic heterocycles. The van der Waals surface area contributed by atoms with Crippen LogP contribution in [0, 0.1) is 11.3 Å². The molecule has 2 aliphatic heterocycles. The molecule has 33 heavy (non-hydrogen) atoms. The van der Waals surface area contributed by atoms with Gasteiger partial charge in [-0.05, 0) is 43.4 Å². The lowest BCUT2D eigenvalue weighted by Crippen LogP contribution is -2.56.